The van der Waals surface area contributed by atoms with E-state index in [1.54, 1.807) is 6.92 Å². The van der Waals surface area contributed by atoms with Crippen LogP contribution in [0.5, 0.6) is 0 Å². The van der Waals surface area contributed by atoms with Gasteiger partial charge in [0.15, 0.2) is 5.82 Å². The highest BCUT2D eigenvalue weighted by molar-refractivity contribution is 9.10. The van der Waals surface area contributed by atoms with E-state index in [4.69, 9.17) is 16.3 Å². The SMILES string of the molecule is CCOC(=O)c1ccc(Cl)c(F)c1Br. The number of ether oxygens (including phenoxy) is 1. The number of hydrogen-bond acceptors (Lipinski definition) is 2. The van der Waals surface area contributed by atoms with Crippen LogP contribution in [0.2, 0.25) is 5.02 Å². The summed E-state index contributed by atoms with van der Waals surface area (Å²) in [5, 5.41) is -0.0371. The number of hydrogen-bond donors (Lipinski definition) is 0. The van der Waals surface area contributed by atoms with Gasteiger partial charge in [-0.25, -0.2) is 9.18 Å². The van der Waals surface area contributed by atoms with Crippen LogP contribution < -0.4 is 0 Å². The van der Waals surface area contributed by atoms with Crippen molar-refractivity contribution >= 4 is 33.5 Å². The van der Waals surface area contributed by atoms with Crippen LogP contribution in [0, 0.1) is 5.82 Å². The molecule has 0 aromatic heterocycles. The highest BCUT2D eigenvalue weighted by Crippen LogP contribution is 2.27. The minimum absolute atomic E-state index is 0.0310. The van der Waals surface area contributed by atoms with Gasteiger partial charge >= 0.3 is 5.97 Å². The van der Waals surface area contributed by atoms with E-state index in [9.17, 15) is 9.18 Å². The lowest BCUT2D eigenvalue weighted by molar-refractivity contribution is 0.0524. The van der Waals surface area contributed by atoms with Gasteiger partial charge in [0.2, 0.25) is 0 Å². The van der Waals surface area contributed by atoms with Crippen molar-refractivity contribution in [3.05, 3.63) is 33.0 Å². The first-order chi connectivity index (χ1) is 6.57. The third-order valence-corrected chi connectivity index (χ3v) is 2.60. The van der Waals surface area contributed by atoms with Crippen molar-refractivity contribution in [2.24, 2.45) is 0 Å². The number of benzene rings is 1. The molecule has 0 saturated heterocycles. The molecular formula is C9H7BrClFO2. The zero-order chi connectivity index (χ0) is 10.7. The molecule has 5 heteroatoms. The highest BCUT2D eigenvalue weighted by Gasteiger charge is 2.16. The molecule has 14 heavy (non-hydrogen) atoms. The Morgan fingerprint density at radius 3 is 2.86 bits per heavy atom. The monoisotopic (exact) mass is 280 g/mol. The summed E-state index contributed by atoms with van der Waals surface area (Å²) in [7, 11) is 0. The Hall–Kier alpha value is -0.610. The van der Waals surface area contributed by atoms with Gasteiger partial charge in [0.25, 0.3) is 0 Å². The van der Waals surface area contributed by atoms with Crippen LogP contribution in [0.25, 0.3) is 0 Å². The van der Waals surface area contributed by atoms with Crippen molar-refractivity contribution in [1.82, 2.24) is 0 Å². The molecule has 0 heterocycles. The fraction of sp³-hybridized carbons (Fsp3) is 0.222. The number of esters is 1. The molecule has 0 aliphatic rings. The molecule has 0 aliphatic heterocycles. The second kappa shape index (κ2) is 4.75. The predicted molar refractivity (Wildman–Crippen MR) is 55.1 cm³/mol. The molecule has 0 fully saturated rings. The van der Waals surface area contributed by atoms with E-state index in [0.717, 1.165) is 0 Å². The molecule has 1 aromatic rings. The summed E-state index contributed by atoms with van der Waals surface area (Å²) < 4.78 is 18.0. The predicted octanol–water partition coefficient (Wildman–Crippen LogP) is 3.42. The first-order valence-electron chi connectivity index (χ1n) is 3.88. The number of carbonyl (C=O) groups excluding carboxylic acids is 1. The number of halogens is 3. The van der Waals surface area contributed by atoms with Gasteiger partial charge in [-0.15, -0.1) is 0 Å². The zero-order valence-corrected chi connectivity index (χ0v) is 9.65. The molecule has 0 spiro atoms. The van der Waals surface area contributed by atoms with Crippen LogP contribution in [0.1, 0.15) is 17.3 Å². The van der Waals surface area contributed by atoms with Gasteiger partial charge in [0.05, 0.1) is 21.7 Å². The van der Waals surface area contributed by atoms with Crippen molar-refractivity contribution < 1.29 is 13.9 Å². The van der Waals surface area contributed by atoms with E-state index in [0.29, 0.717) is 0 Å². The Labute approximate surface area is 94.1 Å². The molecule has 0 unspecified atom stereocenters. The van der Waals surface area contributed by atoms with Gasteiger partial charge < -0.3 is 4.74 Å². The molecule has 0 aliphatic carbocycles. The van der Waals surface area contributed by atoms with E-state index in [2.05, 4.69) is 15.9 Å². The molecule has 0 radical (unpaired) electrons. The lowest BCUT2D eigenvalue weighted by Crippen LogP contribution is -2.06. The summed E-state index contributed by atoms with van der Waals surface area (Å²) in [6, 6.07) is 2.72. The molecule has 76 valence electrons. The molecular weight excluding hydrogens is 274 g/mol. The van der Waals surface area contributed by atoms with Crippen LogP contribution in [-0.2, 0) is 4.74 Å². The van der Waals surface area contributed by atoms with Gasteiger partial charge in [-0.1, -0.05) is 11.6 Å². The molecule has 0 bridgehead atoms. The summed E-state index contributed by atoms with van der Waals surface area (Å²) in [4.78, 5) is 11.3. The maximum atomic E-state index is 13.2. The summed E-state index contributed by atoms with van der Waals surface area (Å²) >= 11 is 8.45. The van der Waals surface area contributed by atoms with E-state index in [1.165, 1.54) is 12.1 Å². The van der Waals surface area contributed by atoms with Crippen LogP contribution in [0.15, 0.2) is 16.6 Å². The van der Waals surface area contributed by atoms with E-state index in [-0.39, 0.29) is 21.7 Å². The molecule has 2 nitrogen and oxygen atoms in total. The third kappa shape index (κ3) is 2.25. The van der Waals surface area contributed by atoms with Crippen molar-refractivity contribution in [1.29, 1.82) is 0 Å². The number of rotatable bonds is 2. The Kier molecular flexibility index (Phi) is 3.89. The Morgan fingerprint density at radius 2 is 2.29 bits per heavy atom. The average molecular weight is 282 g/mol. The van der Waals surface area contributed by atoms with Gasteiger partial charge in [0.1, 0.15) is 0 Å². The van der Waals surface area contributed by atoms with Gasteiger partial charge in [0, 0.05) is 0 Å². The summed E-state index contributed by atoms with van der Waals surface area (Å²) in [5.74, 6) is -1.23. The normalized spacial score (nSPS) is 10.0. The fourth-order valence-electron chi connectivity index (χ4n) is 0.892. The molecule has 0 N–H and O–H groups in total. The fourth-order valence-corrected chi connectivity index (χ4v) is 1.67. The second-order valence-corrected chi connectivity index (χ2v) is 3.64. The van der Waals surface area contributed by atoms with Crippen molar-refractivity contribution in [3.8, 4) is 0 Å². The Bertz CT molecular complexity index is 368. The molecule has 0 saturated carbocycles. The first-order valence-corrected chi connectivity index (χ1v) is 5.05. The maximum Gasteiger partial charge on any atom is 0.339 e. The zero-order valence-electron chi connectivity index (χ0n) is 7.31. The van der Waals surface area contributed by atoms with Gasteiger partial charge in [-0.3, -0.25) is 0 Å². The molecule has 0 amide bonds. The summed E-state index contributed by atoms with van der Waals surface area (Å²) in [6.45, 7) is 1.92. The molecule has 0 atom stereocenters. The smallest absolute Gasteiger partial charge is 0.339 e. The molecule has 1 aromatic carbocycles. The van der Waals surface area contributed by atoms with Crippen LogP contribution >= 0.6 is 27.5 Å². The van der Waals surface area contributed by atoms with Crippen molar-refractivity contribution in [2.45, 2.75) is 6.92 Å². The van der Waals surface area contributed by atoms with Crippen LogP contribution in [0.3, 0.4) is 0 Å². The van der Waals surface area contributed by atoms with E-state index in [1.807, 2.05) is 0 Å². The topological polar surface area (TPSA) is 26.3 Å². The number of carbonyl (C=O) groups is 1. The van der Waals surface area contributed by atoms with Crippen LogP contribution in [0.4, 0.5) is 4.39 Å². The van der Waals surface area contributed by atoms with Gasteiger partial charge in [-0.05, 0) is 35.0 Å². The Morgan fingerprint density at radius 1 is 1.64 bits per heavy atom. The third-order valence-electron chi connectivity index (χ3n) is 1.53. The summed E-state index contributed by atoms with van der Waals surface area (Å²) in [5.41, 5.74) is 0.133. The van der Waals surface area contributed by atoms with E-state index >= 15 is 0 Å². The van der Waals surface area contributed by atoms with Crippen molar-refractivity contribution in [2.75, 3.05) is 6.61 Å². The van der Waals surface area contributed by atoms with Crippen LogP contribution in [-0.4, -0.2) is 12.6 Å². The second-order valence-electron chi connectivity index (χ2n) is 2.44. The largest absolute Gasteiger partial charge is 0.462 e. The first kappa shape index (κ1) is 11.5. The lowest BCUT2D eigenvalue weighted by atomic mass is 10.2. The van der Waals surface area contributed by atoms with Gasteiger partial charge in [-0.2, -0.15) is 0 Å². The minimum Gasteiger partial charge on any atom is -0.462 e. The maximum absolute atomic E-state index is 13.2. The summed E-state index contributed by atoms with van der Waals surface area (Å²) in [6.07, 6.45) is 0. The molecule has 1 rings (SSSR count). The standard InChI is InChI=1S/C9H7BrClFO2/c1-2-14-9(13)5-3-4-6(11)8(12)7(5)10/h3-4H,2H2,1H3. The van der Waals surface area contributed by atoms with Crippen molar-refractivity contribution in [3.63, 3.8) is 0 Å². The Balaban J connectivity index is 3.11. The minimum atomic E-state index is -0.655. The quantitative estimate of drug-likeness (QED) is 0.613. The van der Waals surface area contributed by atoms with E-state index < -0.39 is 11.8 Å². The average Bonchev–Trinajstić information content (AvgIpc) is 2.15. The lowest BCUT2D eigenvalue weighted by Gasteiger charge is -2.05. The highest BCUT2D eigenvalue weighted by atomic mass is 79.9.